The fraction of sp³-hybridized carbons (Fsp3) is 0.125. The highest BCUT2D eigenvalue weighted by Crippen LogP contribution is 2.29. The fourth-order valence-corrected chi connectivity index (χ4v) is 2.63. The molecule has 0 aliphatic rings. The highest BCUT2D eigenvalue weighted by molar-refractivity contribution is 8.13. The SMILES string of the molecule is N#Cc1cc(CN)c(Cl)c(S(=O)(=O)Cl)c1. The monoisotopic (exact) mass is 264 g/mol. The van der Waals surface area contributed by atoms with E-state index in [1.807, 2.05) is 0 Å². The zero-order chi connectivity index (χ0) is 11.6. The second-order valence-corrected chi connectivity index (χ2v) is 5.61. The van der Waals surface area contributed by atoms with Crippen LogP contribution in [0.15, 0.2) is 17.0 Å². The molecule has 0 heterocycles. The number of hydrogen-bond donors (Lipinski definition) is 1. The van der Waals surface area contributed by atoms with Gasteiger partial charge in [-0.25, -0.2) is 8.42 Å². The largest absolute Gasteiger partial charge is 0.326 e. The molecule has 1 aromatic rings. The van der Waals surface area contributed by atoms with Gasteiger partial charge >= 0.3 is 0 Å². The topological polar surface area (TPSA) is 83.9 Å². The molecule has 0 spiro atoms. The van der Waals surface area contributed by atoms with Crippen LogP contribution in [-0.2, 0) is 15.6 Å². The summed E-state index contributed by atoms with van der Waals surface area (Å²) < 4.78 is 22.2. The zero-order valence-electron chi connectivity index (χ0n) is 7.37. The van der Waals surface area contributed by atoms with E-state index in [9.17, 15) is 8.42 Å². The molecule has 2 N–H and O–H groups in total. The van der Waals surface area contributed by atoms with Gasteiger partial charge in [0.15, 0.2) is 0 Å². The summed E-state index contributed by atoms with van der Waals surface area (Å²) in [5.74, 6) is 0. The molecule has 4 nitrogen and oxygen atoms in total. The highest BCUT2D eigenvalue weighted by Gasteiger charge is 2.18. The number of nitrogens with two attached hydrogens (primary N) is 1. The van der Waals surface area contributed by atoms with Gasteiger partial charge in [-0.2, -0.15) is 5.26 Å². The lowest BCUT2D eigenvalue weighted by Crippen LogP contribution is -2.02. The van der Waals surface area contributed by atoms with Crippen molar-refractivity contribution in [2.75, 3.05) is 0 Å². The van der Waals surface area contributed by atoms with Gasteiger partial charge in [-0.1, -0.05) is 11.6 Å². The smallest absolute Gasteiger partial charge is 0.262 e. The Kier molecular flexibility index (Phi) is 3.58. The lowest BCUT2D eigenvalue weighted by Gasteiger charge is -2.06. The minimum Gasteiger partial charge on any atom is -0.326 e. The number of halogens is 2. The third-order valence-electron chi connectivity index (χ3n) is 1.73. The van der Waals surface area contributed by atoms with Crippen LogP contribution >= 0.6 is 22.3 Å². The van der Waals surface area contributed by atoms with Crippen molar-refractivity contribution in [3.05, 3.63) is 28.3 Å². The standard InChI is InChI=1S/C8H6Cl2N2O2S/c9-8-6(4-12)1-5(3-11)2-7(8)15(10,13)14/h1-2H,4,12H2. The molecule has 0 bridgehead atoms. The summed E-state index contributed by atoms with van der Waals surface area (Å²) in [6.07, 6.45) is 0. The molecule has 0 amide bonds. The molecule has 0 fully saturated rings. The predicted molar refractivity (Wildman–Crippen MR) is 57.1 cm³/mol. The van der Waals surface area contributed by atoms with Crippen molar-refractivity contribution in [2.24, 2.45) is 5.73 Å². The van der Waals surface area contributed by atoms with Gasteiger partial charge in [0.05, 0.1) is 16.7 Å². The Bertz CT molecular complexity index is 534. The van der Waals surface area contributed by atoms with Crippen LogP contribution in [0.1, 0.15) is 11.1 Å². The van der Waals surface area contributed by atoms with E-state index in [0.717, 1.165) is 6.07 Å². The molecule has 1 aromatic carbocycles. The first kappa shape index (κ1) is 12.3. The van der Waals surface area contributed by atoms with E-state index >= 15 is 0 Å². The van der Waals surface area contributed by atoms with Crippen molar-refractivity contribution in [3.63, 3.8) is 0 Å². The Hall–Kier alpha value is -0.800. The van der Waals surface area contributed by atoms with Crippen LogP contribution in [0.4, 0.5) is 0 Å². The summed E-state index contributed by atoms with van der Waals surface area (Å²) in [5, 5.41) is 8.63. The van der Waals surface area contributed by atoms with Crippen molar-refractivity contribution >= 4 is 31.3 Å². The van der Waals surface area contributed by atoms with Gasteiger partial charge in [0.1, 0.15) is 4.90 Å². The molecule has 0 aliphatic carbocycles. The number of rotatable bonds is 2. The van der Waals surface area contributed by atoms with E-state index < -0.39 is 9.05 Å². The maximum absolute atomic E-state index is 11.1. The van der Waals surface area contributed by atoms with Crippen LogP contribution < -0.4 is 5.73 Å². The van der Waals surface area contributed by atoms with Crippen molar-refractivity contribution < 1.29 is 8.42 Å². The van der Waals surface area contributed by atoms with E-state index in [0.29, 0.717) is 5.56 Å². The van der Waals surface area contributed by atoms with E-state index in [4.69, 9.17) is 33.3 Å². The molecule has 0 saturated heterocycles. The molecule has 1 rings (SSSR count). The van der Waals surface area contributed by atoms with Crippen LogP contribution in [-0.4, -0.2) is 8.42 Å². The van der Waals surface area contributed by atoms with E-state index in [1.54, 1.807) is 6.07 Å². The number of nitriles is 1. The molecule has 0 aliphatic heterocycles. The summed E-state index contributed by atoms with van der Waals surface area (Å²) in [6, 6.07) is 4.34. The van der Waals surface area contributed by atoms with Gasteiger partial charge in [-0.3, -0.25) is 0 Å². The quantitative estimate of drug-likeness (QED) is 0.823. The van der Waals surface area contributed by atoms with Gasteiger partial charge in [-0.05, 0) is 17.7 Å². The van der Waals surface area contributed by atoms with Crippen LogP contribution in [0.3, 0.4) is 0 Å². The summed E-state index contributed by atoms with van der Waals surface area (Å²) in [4.78, 5) is -0.287. The normalized spacial score (nSPS) is 11.1. The van der Waals surface area contributed by atoms with E-state index in [-0.39, 0.29) is 22.0 Å². The van der Waals surface area contributed by atoms with Crippen LogP contribution in [0.25, 0.3) is 0 Å². The molecule has 0 unspecified atom stereocenters. The zero-order valence-corrected chi connectivity index (χ0v) is 9.70. The molecule has 0 radical (unpaired) electrons. The number of hydrogen-bond acceptors (Lipinski definition) is 4. The minimum absolute atomic E-state index is 0.0355. The van der Waals surface area contributed by atoms with Crippen LogP contribution in [0.2, 0.25) is 5.02 Å². The molecule has 0 atom stereocenters. The average Bonchev–Trinajstić information content (AvgIpc) is 2.16. The van der Waals surface area contributed by atoms with Gasteiger partial charge in [-0.15, -0.1) is 0 Å². The third kappa shape index (κ3) is 2.61. The lowest BCUT2D eigenvalue weighted by molar-refractivity contribution is 0.609. The lowest BCUT2D eigenvalue weighted by atomic mass is 10.1. The Morgan fingerprint density at radius 1 is 1.47 bits per heavy atom. The Morgan fingerprint density at radius 2 is 2.07 bits per heavy atom. The fourth-order valence-electron chi connectivity index (χ4n) is 1.05. The molecule has 7 heteroatoms. The van der Waals surface area contributed by atoms with Crippen molar-refractivity contribution in [3.8, 4) is 6.07 Å². The maximum Gasteiger partial charge on any atom is 0.262 e. The summed E-state index contributed by atoms with van der Waals surface area (Å²) in [6.45, 7) is 0.0355. The molecular formula is C8H6Cl2N2O2S. The van der Waals surface area contributed by atoms with Crippen LogP contribution in [0.5, 0.6) is 0 Å². The molecule has 15 heavy (non-hydrogen) atoms. The third-order valence-corrected chi connectivity index (χ3v) is 3.63. The second kappa shape index (κ2) is 4.37. The van der Waals surface area contributed by atoms with Gasteiger partial charge in [0.2, 0.25) is 0 Å². The Morgan fingerprint density at radius 3 is 2.47 bits per heavy atom. The first-order valence-corrected chi connectivity index (χ1v) is 6.46. The molecule has 80 valence electrons. The number of benzene rings is 1. The summed E-state index contributed by atoms with van der Waals surface area (Å²) in [5.41, 5.74) is 5.88. The Labute approximate surface area is 96.6 Å². The first-order valence-electron chi connectivity index (χ1n) is 3.77. The van der Waals surface area contributed by atoms with Gasteiger partial charge in [0, 0.05) is 17.2 Å². The summed E-state index contributed by atoms with van der Waals surface area (Å²) >= 11 is 5.77. The number of nitrogens with zero attached hydrogens (tertiary/aromatic N) is 1. The van der Waals surface area contributed by atoms with Crippen molar-refractivity contribution in [1.82, 2.24) is 0 Å². The van der Waals surface area contributed by atoms with E-state index in [2.05, 4.69) is 0 Å². The van der Waals surface area contributed by atoms with Crippen molar-refractivity contribution in [1.29, 1.82) is 5.26 Å². The predicted octanol–water partition coefficient (Wildman–Crippen LogP) is 1.60. The second-order valence-electron chi connectivity index (χ2n) is 2.70. The molecule has 0 aromatic heterocycles. The maximum atomic E-state index is 11.1. The first-order chi connectivity index (χ1) is 6.90. The van der Waals surface area contributed by atoms with Crippen LogP contribution in [0, 0.1) is 11.3 Å². The molecule has 0 saturated carbocycles. The highest BCUT2D eigenvalue weighted by atomic mass is 35.7. The minimum atomic E-state index is -3.97. The summed E-state index contributed by atoms with van der Waals surface area (Å²) in [7, 11) is 1.19. The molecular weight excluding hydrogens is 259 g/mol. The van der Waals surface area contributed by atoms with Crippen molar-refractivity contribution in [2.45, 2.75) is 11.4 Å². The van der Waals surface area contributed by atoms with Gasteiger partial charge < -0.3 is 5.73 Å². The van der Waals surface area contributed by atoms with E-state index in [1.165, 1.54) is 6.07 Å². The van der Waals surface area contributed by atoms with Gasteiger partial charge in [0.25, 0.3) is 9.05 Å². The average molecular weight is 265 g/mol. The Balaban J connectivity index is 3.60.